The van der Waals surface area contributed by atoms with Crippen LogP contribution in [0.4, 0.5) is 0 Å². The second kappa shape index (κ2) is 4.30. The van der Waals surface area contributed by atoms with Crippen LogP contribution in [0.3, 0.4) is 0 Å². The van der Waals surface area contributed by atoms with Gasteiger partial charge in [-0.05, 0) is 24.5 Å². The quantitative estimate of drug-likeness (QED) is 0.606. The van der Waals surface area contributed by atoms with Gasteiger partial charge in [-0.2, -0.15) is 0 Å². The van der Waals surface area contributed by atoms with Crippen molar-refractivity contribution in [1.82, 2.24) is 19.9 Å². The molecule has 0 saturated carbocycles. The summed E-state index contributed by atoms with van der Waals surface area (Å²) < 4.78 is 0. The molecule has 3 aromatic rings. The number of H-pyrrole nitrogens is 1. The molecule has 4 nitrogen and oxygen atoms in total. The van der Waals surface area contributed by atoms with E-state index >= 15 is 0 Å². The highest BCUT2D eigenvalue weighted by Gasteiger charge is 2.01. The Balaban J connectivity index is 2.02. The van der Waals surface area contributed by atoms with Crippen LogP contribution in [-0.2, 0) is 0 Å². The number of benzene rings is 1. The Hall–Kier alpha value is -2.67. The van der Waals surface area contributed by atoms with Gasteiger partial charge in [-0.15, -0.1) is 0 Å². The Morgan fingerprint density at radius 1 is 1.11 bits per heavy atom. The maximum absolute atomic E-state index is 4.42. The number of aromatic amines is 1. The minimum Gasteiger partial charge on any atom is -0.331 e. The predicted molar refractivity (Wildman–Crippen MR) is 68.8 cm³/mol. The molecule has 2 aromatic heterocycles. The lowest BCUT2D eigenvalue weighted by molar-refractivity contribution is 1.16. The number of nitrogens with one attached hydrogen (secondary N) is 1. The fraction of sp³-hybridized carbons (Fsp3) is 0.0714. The Kier molecular flexibility index (Phi) is 2.50. The molecule has 0 aliphatic rings. The molecule has 0 radical (unpaired) electrons. The molecule has 18 heavy (non-hydrogen) atoms. The zero-order valence-corrected chi connectivity index (χ0v) is 9.81. The van der Waals surface area contributed by atoms with Crippen LogP contribution >= 0.6 is 0 Å². The van der Waals surface area contributed by atoms with Crippen molar-refractivity contribution in [3.63, 3.8) is 0 Å². The number of para-hydroxylation sites is 1. The minimum atomic E-state index is 0.656. The Morgan fingerprint density at radius 3 is 2.72 bits per heavy atom. The third-order valence-electron chi connectivity index (χ3n) is 2.61. The van der Waals surface area contributed by atoms with Gasteiger partial charge in [0.1, 0.15) is 6.33 Å². The first-order valence-electron chi connectivity index (χ1n) is 5.55. The highest BCUT2D eigenvalue weighted by Crippen LogP contribution is 2.14. The normalized spacial score (nSPS) is 10.1. The predicted octanol–water partition coefficient (Wildman–Crippen LogP) is 2.06. The maximum atomic E-state index is 4.42. The van der Waals surface area contributed by atoms with Gasteiger partial charge in [-0.3, -0.25) is 0 Å². The van der Waals surface area contributed by atoms with Crippen LogP contribution in [0.1, 0.15) is 17.0 Å². The first-order chi connectivity index (χ1) is 8.83. The van der Waals surface area contributed by atoms with Gasteiger partial charge in [0, 0.05) is 12.4 Å². The Morgan fingerprint density at radius 2 is 1.94 bits per heavy atom. The van der Waals surface area contributed by atoms with Gasteiger partial charge in [-0.1, -0.05) is 18.1 Å². The van der Waals surface area contributed by atoms with Crippen molar-refractivity contribution in [1.29, 1.82) is 0 Å². The van der Waals surface area contributed by atoms with Crippen LogP contribution in [0.25, 0.3) is 11.0 Å². The smallest absolute Gasteiger partial charge is 0.184 e. The van der Waals surface area contributed by atoms with Gasteiger partial charge in [0.05, 0.1) is 16.6 Å². The van der Waals surface area contributed by atoms with Crippen molar-refractivity contribution in [3.05, 3.63) is 53.9 Å². The van der Waals surface area contributed by atoms with E-state index in [1.165, 1.54) is 6.33 Å². The van der Waals surface area contributed by atoms with E-state index in [1.54, 1.807) is 12.4 Å². The summed E-state index contributed by atoms with van der Waals surface area (Å²) in [6, 6.07) is 6.00. The molecule has 0 aliphatic heterocycles. The fourth-order valence-corrected chi connectivity index (χ4v) is 1.73. The summed E-state index contributed by atoms with van der Waals surface area (Å²) in [6.07, 6.45) is 4.83. The van der Waals surface area contributed by atoms with Crippen molar-refractivity contribution >= 4 is 11.0 Å². The van der Waals surface area contributed by atoms with Crippen molar-refractivity contribution in [2.24, 2.45) is 0 Å². The van der Waals surface area contributed by atoms with Crippen LogP contribution < -0.4 is 0 Å². The van der Waals surface area contributed by atoms with Crippen LogP contribution in [0, 0.1) is 18.8 Å². The first-order valence-corrected chi connectivity index (χ1v) is 5.55. The SMILES string of the molecule is Cc1cccc2nc(C#Cc3cncnc3)[nH]c12. The van der Waals surface area contributed by atoms with Gasteiger partial charge >= 0.3 is 0 Å². The molecule has 0 amide bonds. The molecule has 0 saturated heterocycles. The number of aryl methyl sites for hydroxylation is 1. The highest BCUT2D eigenvalue weighted by atomic mass is 14.9. The van der Waals surface area contributed by atoms with Crippen molar-refractivity contribution in [2.75, 3.05) is 0 Å². The summed E-state index contributed by atoms with van der Waals surface area (Å²) in [4.78, 5) is 15.4. The molecule has 0 unspecified atom stereocenters. The van der Waals surface area contributed by atoms with Crippen molar-refractivity contribution in [3.8, 4) is 11.8 Å². The zero-order chi connectivity index (χ0) is 12.4. The van der Waals surface area contributed by atoms with E-state index in [0.29, 0.717) is 5.82 Å². The van der Waals surface area contributed by atoms with Crippen LogP contribution in [0.5, 0.6) is 0 Å². The van der Waals surface area contributed by atoms with E-state index in [-0.39, 0.29) is 0 Å². The van der Waals surface area contributed by atoms with E-state index in [0.717, 1.165) is 22.2 Å². The Labute approximate surface area is 104 Å². The Bertz CT molecular complexity index is 748. The second-order valence-corrected chi connectivity index (χ2v) is 3.93. The van der Waals surface area contributed by atoms with Crippen molar-refractivity contribution in [2.45, 2.75) is 6.92 Å². The van der Waals surface area contributed by atoms with Gasteiger partial charge in [0.2, 0.25) is 0 Å². The van der Waals surface area contributed by atoms with E-state index in [4.69, 9.17) is 0 Å². The monoisotopic (exact) mass is 234 g/mol. The van der Waals surface area contributed by atoms with E-state index in [9.17, 15) is 0 Å². The fourth-order valence-electron chi connectivity index (χ4n) is 1.73. The number of fused-ring (bicyclic) bond motifs is 1. The van der Waals surface area contributed by atoms with Gasteiger partial charge in [-0.25, -0.2) is 15.0 Å². The number of aromatic nitrogens is 4. The molecule has 1 N–H and O–H groups in total. The average Bonchev–Trinajstić information content (AvgIpc) is 2.82. The lowest BCUT2D eigenvalue weighted by Crippen LogP contribution is -1.81. The standard InChI is InChI=1S/C14H10N4/c1-10-3-2-4-12-14(10)18-13(17-12)6-5-11-7-15-9-16-8-11/h2-4,7-9H,1H3,(H,17,18). The minimum absolute atomic E-state index is 0.656. The molecule has 1 aromatic carbocycles. The zero-order valence-electron chi connectivity index (χ0n) is 9.81. The lowest BCUT2D eigenvalue weighted by atomic mass is 10.2. The summed E-state index contributed by atoms with van der Waals surface area (Å²) >= 11 is 0. The van der Waals surface area contributed by atoms with Crippen LogP contribution in [0.15, 0.2) is 36.9 Å². The summed E-state index contributed by atoms with van der Waals surface area (Å²) in [7, 11) is 0. The number of imidazole rings is 1. The lowest BCUT2D eigenvalue weighted by Gasteiger charge is -1.90. The average molecular weight is 234 g/mol. The molecule has 86 valence electrons. The van der Waals surface area contributed by atoms with Gasteiger partial charge in [0.15, 0.2) is 5.82 Å². The van der Waals surface area contributed by atoms with E-state index in [2.05, 4.69) is 31.8 Å². The van der Waals surface area contributed by atoms with Crippen LogP contribution in [-0.4, -0.2) is 19.9 Å². The third kappa shape index (κ3) is 1.94. The van der Waals surface area contributed by atoms with E-state index in [1.807, 2.05) is 25.1 Å². The number of rotatable bonds is 0. The number of nitrogens with zero attached hydrogens (tertiary/aromatic N) is 3. The molecule has 0 fully saturated rings. The molecule has 3 rings (SSSR count). The highest BCUT2D eigenvalue weighted by molar-refractivity contribution is 5.79. The molecular weight excluding hydrogens is 224 g/mol. The number of hydrogen-bond donors (Lipinski definition) is 1. The molecule has 0 aliphatic carbocycles. The van der Waals surface area contributed by atoms with E-state index < -0.39 is 0 Å². The second-order valence-electron chi connectivity index (χ2n) is 3.93. The molecule has 0 atom stereocenters. The summed E-state index contributed by atoms with van der Waals surface area (Å²) in [6.45, 7) is 2.04. The summed E-state index contributed by atoms with van der Waals surface area (Å²) in [5, 5.41) is 0. The number of hydrogen-bond acceptors (Lipinski definition) is 3. The largest absolute Gasteiger partial charge is 0.331 e. The topological polar surface area (TPSA) is 54.5 Å². The summed E-state index contributed by atoms with van der Waals surface area (Å²) in [5.74, 6) is 6.61. The third-order valence-corrected chi connectivity index (χ3v) is 2.61. The summed E-state index contributed by atoms with van der Waals surface area (Å²) in [5.41, 5.74) is 3.90. The maximum Gasteiger partial charge on any atom is 0.184 e. The molecule has 4 heteroatoms. The van der Waals surface area contributed by atoms with Gasteiger partial charge < -0.3 is 4.98 Å². The van der Waals surface area contributed by atoms with Gasteiger partial charge in [0.25, 0.3) is 0 Å². The van der Waals surface area contributed by atoms with Crippen LogP contribution in [0.2, 0.25) is 0 Å². The molecule has 2 heterocycles. The molecule has 0 bridgehead atoms. The first kappa shape index (κ1) is 10.5. The molecular formula is C14H10N4. The molecule has 0 spiro atoms. The van der Waals surface area contributed by atoms with Crippen molar-refractivity contribution < 1.29 is 0 Å².